The maximum atomic E-state index is 13.7. The molecule has 194 valence electrons. The third-order valence-electron chi connectivity index (χ3n) is 7.02. The number of nitrogens with one attached hydrogen (secondary N) is 3. The molecule has 1 aromatic heterocycles. The topological polar surface area (TPSA) is 107 Å². The van der Waals surface area contributed by atoms with E-state index in [1.165, 1.54) is 24.4 Å². The Morgan fingerprint density at radius 2 is 1.95 bits per heavy atom. The molecule has 2 aromatic rings. The van der Waals surface area contributed by atoms with Crippen LogP contribution in [0.2, 0.25) is 0 Å². The van der Waals surface area contributed by atoms with Gasteiger partial charge >= 0.3 is 0 Å². The predicted molar refractivity (Wildman–Crippen MR) is 147 cm³/mol. The first-order valence-electron chi connectivity index (χ1n) is 12.9. The first-order chi connectivity index (χ1) is 17.9. The Morgan fingerprint density at radius 1 is 1.16 bits per heavy atom. The number of benzene rings is 1. The van der Waals surface area contributed by atoms with E-state index in [0.717, 1.165) is 48.9 Å². The van der Waals surface area contributed by atoms with Crippen molar-refractivity contribution >= 4 is 29.3 Å². The Bertz CT molecular complexity index is 1250. The normalized spacial score (nSPS) is 18.3. The second-order valence-electron chi connectivity index (χ2n) is 9.57. The van der Waals surface area contributed by atoms with Crippen molar-refractivity contribution in [1.82, 2.24) is 10.6 Å². The van der Waals surface area contributed by atoms with Crippen LogP contribution >= 0.6 is 11.8 Å². The number of amides is 2. The second-order valence-corrected chi connectivity index (χ2v) is 10.6. The second kappa shape index (κ2) is 12.2. The lowest BCUT2D eigenvalue weighted by Crippen LogP contribution is -2.37. The summed E-state index contributed by atoms with van der Waals surface area (Å²) < 4.78 is 5.71. The number of carbonyl (C=O) groups is 2. The summed E-state index contributed by atoms with van der Waals surface area (Å²) in [6.07, 6.45) is 7.87. The molecule has 1 aliphatic heterocycles. The van der Waals surface area contributed by atoms with Crippen LogP contribution in [0.4, 0.5) is 5.69 Å². The zero-order valence-corrected chi connectivity index (χ0v) is 22.5. The Labute approximate surface area is 222 Å². The minimum atomic E-state index is -0.681. The molecule has 1 atom stereocenters. The summed E-state index contributed by atoms with van der Waals surface area (Å²) in [5.74, 6) is -0.323. The standard InChI is InChI=1S/C29H34N4O3S/c1-4-20-11-8-10-18(2)27(20)33-28(35)25-19(3)31-29(22(16-30)26(25)23-14-9-15-36-23)37-17-24(34)32-21-12-6-5-7-13-21/h8-11,14-15,21,26,31H,4-7,12-13,17H2,1-3H3,(H,32,34)(H,33,35). The molecular weight excluding hydrogens is 484 g/mol. The van der Waals surface area contributed by atoms with Gasteiger partial charge in [-0.25, -0.2) is 0 Å². The molecule has 2 amide bonds. The Kier molecular flexibility index (Phi) is 8.78. The van der Waals surface area contributed by atoms with Gasteiger partial charge in [0.15, 0.2) is 0 Å². The molecule has 1 saturated carbocycles. The number of nitriles is 1. The lowest BCUT2D eigenvalue weighted by Gasteiger charge is -2.29. The summed E-state index contributed by atoms with van der Waals surface area (Å²) in [6.45, 7) is 5.83. The fourth-order valence-electron chi connectivity index (χ4n) is 5.10. The SMILES string of the molecule is CCc1cccc(C)c1NC(=O)C1=C(C)NC(SCC(=O)NC2CCCCC2)=C(C#N)C1c1ccco1. The molecule has 0 spiro atoms. The number of nitrogens with zero attached hydrogens (tertiary/aromatic N) is 1. The van der Waals surface area contributed by atoms with E-state index in [2.05, 4.69) is 22.0 Å². The van der Waals surface area contributed by atoms with E-state index in [-0.39, 0.29) is 23.6 Å². The Balaban J connectivity index is 1.59. The van der Waals surface area contributed by atoms with E-state index >= 15 is 0 Å². The minimum absolute atomic E-state index is 0.0464. The number of furan rings is 1. The van der Waals surface area contributed by atoms with Crippen molar-refractivity contribution in [2.75, 3.05) is 11.1 Å². The number of anilines is 1. The van der Waals surface area contributed by atoms with Gasteiger partial charge in [0.1, 0.15) is 5.76 Å². The van der Waals surface area contributed by atoms with Crippen LogP contribution in [0.3, 0.4) is 0 Å². The van der Waals surface area contributed by atoms with Gasteiger partial charge in [-0.2, -0.15) is 5.26 Å². The van der Waals surface area contributed by atoms with E-state index < -0.39 is 5.92 Å². The highest BCUT2D eigenvalue weighted by Gasteiger charge is 2.37. The van der Waals surface area contributed by atoms with E-state index in [9.17, 15) is 14.9 Å². The smallest absolute Gasteiger partial charge is 0.254 e. The van der Waals surface area contributed by atoms with Crippen molar-refractivity contribution in [2.24, 2.45) is 0 Å². The number of hydrogen-bond acceptors (Lipinski definition) is 6. The van der Waals surface area contributed by atoms with Crippen LogP contribution in [0.25, 0.3) is 0 Å². The molecule has 0 bridgehead atoms. The van der Waals surface area contributed by atoms with E-state index in [1.807, 2.05) is 39.0 Å². The Morgan fingerprint density at radius 3 is 2.62 bits per heavy atom. The van der Waals surface area contributed by atoms with Gasteiger partial charge in [-0.05, 0) is 56.4 Å². The summed E-state index contributed by atoms with van der Waals surface area (Å²) in [6, 6.07) is 12.0. The van der Waals surface area contributed by atoms with Crippen LogP contribution in [0.1, 0.15) is 68.8 Å². The lowest BCUT2D eigenvalue weighted by atomic mass is 9.85. The van der Waals surface area contributed by atoms with Gasteiger partial charge in [-0.15, -0.1) is 0 Å². The lowest BCUT2D eigenvalue weighted by molar-refractivity contribution is -0.119. The number of rotatable bonds is 8. The van der Waals surface area contributed by atoms with Crippen molar-refractivity contribution in [1.29, 1.82) is 5.26 Å². The van der Waals surface area contributed by atoms with Gasteiger partial charge in [0.2, 0.25) is 5.91 Å². The molecule has 8 heteroatoms. The highest BCUT2D eigenvalue weighted by atomic mass is 32.2. The van der Waals surface area contributed by atoms with Crippen molar-refractivity contribution in [2.45, 2.75) is 71.3 Å². The maximum absolute atomic E-state index is 13.7. The zero-order valence-electron chi connectivity index (χ0n) is 21.6. The molecule has 1 aromatic carbocycles. The van der Waals surface area contributed by atoms with Crippen LogP contribution in [-0.4, -0.2) is 23.6 Å². The molecule has 1 unspecified atom stereocenters. The number of dihydropyridines is 1. The molecule has 37 heavy (non-hydrogen) atoms. The molecule has 3 N–H and O–H groups in total. The van der Waals surface area contributed by atoms with Gasteiger partial charge < -0.3 is 20.4 Å². The molecular formula is C29H34N4O3S. The quantitative estimate of drug-likeness (QED) is 0.416. The summed E-state index contributed by atoms with van der Waals surface area (Å²) in [7, 11) is 0. The van der Waals surface area contributed by atoms with Gasteiger partial charge in [-0.1, -0.05) is 56.1 Å². The molecule has 0 radical (unpaired) electrons. The minimum Gasteiger partial charge on any atom is -0.468 e. The number of allylic oxidation sites excluding steroid dienone is 2. The van der Waals surface area contributed by atoms with Crippen LogP contribution in [0.5, 0.6) is 0 Å². The summed E-state index contributed by atoms with van der Waals surface area (Å²) in [5, 5.41) is 20.2. The first kappa shape index (κ1) is 26.6. The molecule has 1 aliphatic carbocycles. The van der Waals surface area contributed by atoms with Crippen LogP contribution in [0, 0.1) is 18.3 Å². The van der Waals surface area contributed by atoms with E-state index in [0.29, 0.717) is 27.6 Å². The summed E-state index contributed by atoms with van der Waals surface area (Å²) in [5.41, 5.74) is 4.21. The number of hydrogen-bond donors (Lipinski definition) is 3. The first-order valence-corrected chi connectivity index (χ1v) is 13.9. The third kappa shape index (κ3) is 6.11. The van der Waals surface area contributed by atoms with Crippen LogP contribution in [-0.2, 0) is 16.0 Å². The monoisotopic (exact) mass is 518 g/mol. The van der Waals surface area contributed by atoms with Gasteiger partial charge in [0.05, 0.1) is 40.2 Å². The largest absolute Gasteiger partial charge is 0.468 e. The number of aryl methyl sites for hydroxylation is 2. The van der Waals surface area contributed by atoms with Gasteiger partial charge in [-0.3, -0.25) is 9.59 Å². The fourth-order valence-corrected chi connectivity index (χ4v) is 6.01. The van der Waals surface area contributed by atoms with Crippen LogP contribution < -0.4 is 16.0 Å². The van der Waals surface area contributed by atoms with Crippen molar-refractivity contribution in [3.8, 4) is 6.07 Å². The fraction of sp³-hybridized carbons (Fsp3) is 0.414. The molecule has 2 heterocycles. The average molecular weight is 519 g/mol. The third-order valence-corrected chi connectivity index (χ3v) is 8.03. The summed E-state index contributed by atoms with van der Waals surface area (Å²) >= 11 is 1.28. The average Bonchev–Trinajstić information content (AvgIpc) is 3.43. The number of carbonyl (C=O) groups excluding carboxylic acids is 2. The predicted octanol–water partition coefficient (Wildman–Crippen LogP) is 5.67. The van der Waals surface area contributed by atoms with Crippen molar-refractivity contribution in [3.05, 3.63) is 75.4 Å². The van der Waals surface area contributed by atoms with E-state index in [1.54, 1.807) is 12.1 Å². The highest BCUT2D eigenvalue weighted by Crippen LogP contribution is 2.41. The van der Waals surface area contributed by atoms with Gasteiger partial charge in [0.25, 0.3) is 5.91 Å². The Hall–Kier alpha value is -3.44. The van der Waals surface area contributed by atoms with Gasteiger partial charge in [0, 0.05) is 17.4 Å². The maximum Gasteiger partial charge on any atom is 0.254 e. The molecule has 2 aliphatic rings. The number of para-hydroxylation sites is 1. The molecule has 0 saturated heterocycles. The van der Waals surface area contributed by atoms with Crippen LogP contribution in [0.15, 0.2) is 62.9 Å². The number of thioether (sulfide) groups is 1. The van der Waals surface area contributed by atoms with Crippen molar-refractivity contribution in [3.63, 3.8) is 0 Å². The zero-order chi connectivity index (χ0) is 26.4. The van der Waals surface area contributed by atoms with E-state index in [4.69, 9.17) is 4.42 Å². The van der Waals surface area contributed by atoms with Crippen molar-refractivity contribution < 1.29 is 14.0 Å². The molecule has 1 fully saturated rings. The highest BCUT2D eigenvalue weighted by molar-refractivity contribution is 8.03. The molecule has 7 nitrogen and oxygen atoms in total. The molecule has 4 rings (SSSR count). The summed E-state index contributed by atoms with van der Waals surface area (Å²) in [4.78, 5) is 26.4.